The average molecular weight is 384 g/mol. The summed E-state index contributed by atoms with van der Waals surface area (Å²) in [6.07, 6.45) is 1.54. The van der Waals surface area contributed by atoms with Crippen molar-refractivity contribution in [2.45, 2.75) is 19.8 Å². The summed E-state index contributed by atoms with van der Waals surface area (Å²) >= 11 is 3.11. The van der Waals surface area contributed by atoms with Gasteiger partial charge in [0.25, 0.3) is 5.91 Å². The number of aryl methyl sites for hydroxylation is 1. The fraction of sp³-hybridized carbons (Fsp3) is 0.250. The van der Waals surface area contributed by atoms with E-state index in [-0.39, 0.29) is 29.5 Å². The molecular weight excluding hydrogens is 369 g/mol. The van der Waals surface area contributed by atoms with Gasteiger partial charge >= 0.3 is 5.97 Å². The Hall–Kier alpha value is -2.15. The monoisotopic (exact) mass is 383 g/mol. The van der Waals surface area contributed by atoms with E-state index in [0.29, 0.717) is 23.0 Å². The number of benzene rings is 1. The number of nitrogens with one attached hydrogen (secondary N) is 1. The summed E-state index contributed by atoms with van der Waals surface area (Å²) in [5.41, 5.74) is 1.71. The summed E-state index contributed by atoms with van der Waals surface area (Å²) in [6, 6.07) is 4.65. The summed E-state index contributed by atoms with van der Waals surface area (Å²) in [7, 11) is 0. The Balaban J connectivity index is 1.98. The van der Waals surface area contributed by atoms with Crippen LogP contribution < -0.4 is 5.32 Å². The Morgan fingerprint density at radius 3 is 2.78 bits per heavy atom. The average Bonchev–Trinajstić information content (AvgIpc) is 2.82. The lowest BCUT2D eigenvalue weighted by Crippen LogP contribution is -2.27. The van der Waals surface area contributed by atoms with Gasteiger partial charge in [0.05, 0.1) is 16.3 Å². The molecule has 122 valence electrons. The maximum Gasteiger partial charge on any atom is 0.311 e. The molecule has 0 fully saturated rings. The number of furan rings is 1. The third kappa shape index (κ3) is 4.41. The standard InChI is InChI=1S/C16H15BrFNO4/c1-9-8-23-13(7-14(20)21)15(9)16(22)19-5-4-10-2-3-12(18)11(17)6-10/h2-3,6,8H,4-5,7H2,1H3,(H,19,22)(H,20,21). The topological polar surface area (TPSA) is 79.5 Å². The molecular formula is C16H15BrFNO4. The van der Waals surface area contributed by atoms with Gasteiger partial charge < -0.3 is 14.8 Å². The van der Waals surface area contributed by atoms with Crippen LogP contribution >= 0.6 is 15.9 Å². The van der Waals surface area contributed by atoms with Crippen molar-refractivity contribution in [1.82, 2.24) is 5.32 Å². The molecule has 1 amide bonds. The fourth-order valence-corrected chi connectivity index (χ4v) is 2.60. The predicted molar refractivity (Wildman–Crippen MR) is 84.9 cm³/mol. The number of carboxylic acid groups (broad SMARTS) is 1. The van der Waals surface area contributed by atoms with Crippen molar-refractivity contribution in [3.63, 3.8) is 0 Å². The van der Waals surface area contributed by atoms with Gasteiger partial charge in [-0.25, -0.2) is 4.39 Å². The summed E-state index contributed by atoms with van der Waals surface area (Å²) < 4.78 is 18.7. The molecule has 2 aromatic rings. The highest BCUT2D eigenvalue weighted by molar-refractivity contribution is 9.10. The van der Waals surface area contributed by atoms with E-state index in [2.05, 4.69) is 21.2 Å². The molecule has 0 aliphatic heterocycles. The number of rotatable bonds is 6. The van der Waals surface area contributed by atoms with Gasteiger partial charge in [-0.3, -0.25) is 9.59 Å². The van der Waals surface area contributed by atoms with Crippen LogP contribution in [0.25, 0.3) is 0 Å². The maximum absolute atomic E-state index is 13.2. The van der Waals surface area contributed by atoms with Crippen LogP contribution in [0.2, 0.25) is 0 Å². The largest absolute Gasteiger partial charge is 0.481 e. The van der Waals surface area contributed by atoms with Crippen LogP contribution in [0.5, 0.6) is 0 Å². The number of carboxylic acids is 1. The van der Waals surface area contributed by atoms with Crippen molar-refractivity contribution < 1.29 is 23.5 Å². The van der Waals surface area contributed by atoms with Gasteiger partial charge in [-0.05, 0) is 47.0 Å². The van der Waals surface area contributed by atoms with E-state index in [1.807, 2.05) is 0 Å². The van der Waals surface area contributed by atoms with Gasteiger partial charge in [-0.15, -0.1) is 0 Å². The van der Waals surface area contributed by atoms with Crippen molar-refractivity contribution in [2.75, 3.05) is 6.54 Å². The number of aliphatic carboxylic acids is 1. The molecule has 2 N–H and O–H groups in total. The Labute approximate surface area is 140 Å². The highest BCUT2D eigenvalue weighted by Gasteiger charge is 2.20. The molecule has 0 saturated carbocycles. The molecule has 23 heavy (non-hydrogen) atoms. The fourth-order valence-electron chi connectivity index (χ4n) is 2.17. The van der Waals surface area contributed by atoms with Gasteiger partial charge in [-0.2, -0.15) is 0 Å². The first kappa shape index (κ1) is 17.2. The zero-order chi connectivity index (χ0) is 17.0. The van der Waals surface area contributed by atoms with E-state index in [0.717, 1.165) is 5.56 Å². The number of carbonyl (C=O) groups is 2. The zero-order valence-electron chi connectivity index (χ0n) is 12.4. The second-order valence-corrected chi connectivity index (χ2v) is 5.90. The number of hydrogen-bond acceptors (Lipinski definition) is 3. The van der Waals surface area contributed by atoms with E-state index in [9.17, 15) is 14.0 Å². The molecule has 5 nitrogen and oxygen atoms in total. The molecule has 7 heteroatoms. The second kappa shape index (κ2) is 7.41. The van der Waals surface area contributed by atoms with Crippen LogP contribution in [0, 0.1) is 12.7 Å². The van der Waals surface area contributed by atoms with Crippen molar-refractivity contribution in [3.05, 3.63) is 57.2 Å². The summed E-state index contributed by atoms with van der Waals surface area (Å²) in [5.74, 6) is -1.65. The quantitative estimate of drug-likeness (QED) is 0.802. The van der Waals surface area contributed by atoms with E-state index in [1.54, 1.807) is 19.1 Å². The minimum Gasteiger partial charge on any atom is -0.481 e. The summed E-state index contributed by atoms with van der Waals surface area (Å²) in [5, 5.41) is 11.5. The second-order valence-electron chi connectivity index (χ2n) is 5.04. The molecule has 0 atom stereocenters. The van der Waals surface area contributed by atoms with Gasteiger partial charge in [0.2, 0.25) is 0 Å². The lowest BCUT2D eigenvalue weighted by atomic mass is 10.1. The van der Waals surface area contributed by atoms with Gasteiger partial charge in [0.1, 0.15) is 18.0 Å². The van der Waals surface area contributed by atoms with Crippen LogP contribution in [-0.2, 0) is 17.6 Å². The minimum atomic E-state index is -1.07. The molecule has 1 aromatic carbocycles. The van der Waals surface area contributed by atoms with Crippen molar-refractivity contribution in [2.24, 2.45) is 0 Å². The molecule has 0 aliphatic rings. The molecule has 1 heterocycles. The third-order valence-electron chi connectivity index (χ3n) is 3.27. The highest BCUT2D eigenvalue weighted by atomic mass is 79.9. The van der Waals surface area contributed by atoms with Crippen LogP contribution in [0.4, 0.5) is 4.39 Å². The van der Waals surface area contributed by atoms with Crippen molar-refractivity contribution in [1.29, 1.82) is 0 Å². The molecule has 0 radical (unpaired) electrons. The minimum absolute atomic E-state index is 0.136. The lowest BCUT2D eigenvalue weighted by Gasteiger charge is -2.07. The maximum atomic E-state index is 13.2. The van der Waals surface area contributed by atoms with Crippen LogP contribution in [-0.4, -0.2) is 23.5 Å². The van der Waals surface area contributed by atoms with Crippen LogP contribution in [0.1, 0.15) is 27.2 Å². The molecule has 0 saturated heterocycles. The number of halogens is 2. The van der Waals surface area contributed by atoms with Gasteiger partial charge in [0, 0.05) is 12.1 Å². The van der Waals surface area contributed by atoms with Gasteiger partial charge in [0.15, 0.2) is 0 Å². The molecule has 0 spiro atoms. The molecule has 0 unspecified atom stereocenters. The number of carbonyl (C=O) groups excluding carboxylic acids is 1. The van der Waals surface area contributed by atoms with Crippen molar-refractivity contribution >= 4 is 27.8 Å². The number of amides is 1. The summed E-state index contributed by atoms with van der Waals surface area (Å²) in [4.78, 5) is 23.0. The Bertz CT molecular complexity index is 742. The smallest absolute Gasteiger partial charge is 0.311 e. The number of hydrogen-bond donors (Lipinski definition) is 2. The predicted octanol–water partition coefficient (Wildman–Crippen LogP) is 3.09. The Morgan fingerprint density at radius 2 is 2.13 bits per heavy atom. The van der Waals surface area contributed by atoms with E-state index in [4.69, 9.17) is 9.52 Å². The van der Waals surface area contributed by atoms with E-state index in [1.165, 1.54) is 12.3 Å². The highest BCUT2D eigenvalue weighted by Crippen LogP contribution is 2.18. The van der Waals surface area contributed by atoms with E-state index < -0.39 is 5.97 Å². The first-order chi connectivity index (χ1) is 10.9. The molecule has 0 aliphatic carbocycles. The molecule has 0 bridgehead atoms. The first-order valence-electron chi connectivity index (χ1n) is 6.89. The normalized spacial score (nSPS) is 10.6. The SMILES string of the molecule is Cc1coc(CC(=O)O)c1C(=O)NCCc1ccc(F)c(Br)c1. The lowest BCUT2D eigenvalue weighted by molar-refractivity contribution is -0.136. The third-order valence-corrected chi connectivity index (χ3v) is 3.88. The molecule has 1 aromatic heterocycles. The Kier molecular flexibility index (Phi) is 5.54. The van der Waals surface area contributed by atoms with Crippen molar-refractivity contribution in [3.8, 4) is 0 Å². The van der Waals surface area contributed by atoms with E-state index >= 15 is 0 Å². The first-order valence-corrected chi connectivity index (χ1v) is 7.68. The Morgan fingerprint density at radius 1 is 1.39 bits per heavy atom. The van der Waals surface area contributed by atoms with Crippen LogP contribution in [0.3, 0.4) is 0 Å². The zero-order valence-corrected chi connectivity index (χ0v) is 13.9. The molecule has 2 rings (SSSR count). The van der Waals surface area contributed by atoms with Gasteiger partial charge in [-0.1, -0.05) is 6.07 Å². The summed E-state index contributed by atoms with van der Waals surface area (Å²) in [6.45, 7) is 2.02. The van der Waals surface area contributed by atoms with Crippen LogP contribution in [0.15, 0.2) is 33.4 Å².